The van der Waals surface area contributed by atoms with Crippen molar-refractivity contribution in [3.8, 4) is 0 Å². The Morgan fingerprint density at radius 1 is 1.12 bits per heavy atom. The summed E-state index contributed by atoms with van der Waals surface area (Å²) in [6, 6.07) is 0. The zero-order valence-electron chi connectivity index (χ0n) is 12.7. The second-order valence-electron chi connectivity index (χ2n) is 5.76. The molecule has 17 heavy (non-hydrogen) atoms. The van der Waals surface area contributed by atoms with Gasteiger partial charge in [-0.05, 0) is 46.6 Å². The summed E-state index contributed by atoms with van der Waals surface area (Å²) in [5.74, 6) is 0. The number of hydrogen-bond acceptors (Lipinski definition) is 3. The summed E-state index contributed by atoms with van der Waals surface area (Å²) < 4.78 is 5.49. The Morgan fingerprint density at radius 3 is 2.06 bits per heavy atom. The summed E-state index contributed by atoms with van der Waals surface area (Å²) in [6.07, 6.45) is 3.30. The predicted molar refractivity (Wildman–Crippen MR) is 75.3 cm³/mol. The van der Waals surface area contributed by atoms with Crippen LogP contribution in [0.5, 0.6) is 0 Å². The number of nitrogens with two attached hydrogens (primary N) is 1. The van der Waals surface area contributed by atoms with E-state index in [2.05, 4.69) is 39.5 Å². The highest BCUT2D eigenvalue weighted by Crippen LogP contribution is 2.22. The molecule has 0 amide bonds. The zero-order valence-corrected chi connectivity index (χ0v) is 12.7. The molecule has 104 valence electrons. The summed E-state index contributed by atoms with van der Waals surface area (Å²) >= 11 is 0. The molecule has 0 aliphatic rings. The summed E-state index contributed by atoms with van der Waals surface area (Å²) in [5.41, 5.74) is 6.03. The maximum atomic E-state index is 5.95. The number of ether oxygens (including phenoxy) is 1. The van der Waals surface area contributed by atoms with Crippen LogP contribution in [-0.2, 0) is 4.74 Å². The first-order valence-corrected chi connectivity index (χ1v) is 6.85. The molecule has 0 saturated heterocycles. The molecule has 0 radical (unpaired) electrons. The average Bonchev–Trinajstić information content (AvgIpc) is 2.33. The maximum absolute atomic E-state index is 5.95. The normalized spacial score (nSPS) is 16.2. The predicted octanol–water partition coefficient (Wildman–Crippen LogP) is 2.64. The monoisotopic (exact) mass is 244 g/mol. The van der Waals surface area contributed by atoms with Gasteiger partial charge in [0, 0.05) is 25.7 Å². The third-order valence-corrected chi connectivity index (χ3v) is 3.99. The largest absolute Gasteiger partial charge is 0.379 e. The Morgan fingerprint density at radius 2 is 1.71 bits per heavy atom. The van der Waals surface area contributed by atoms with E-state index in [1.165, 1.54) is 6.42 Å². The van der Waals surface area contributed by atoms with Gasteiger partial charge in [0.2, 0.25) is 0 Å². The van der Waals surface area contributed by atoms with Gasteiger partial charge in [-0.25, -0.2) is 0 Å². The van der Waals surface area contributed by atoms with E-state index in [1.807, 2.05) is 0 Å². The van der Waals surface area contributed by atoms with E-state index in [4.69, 9.17) is 10.5 Å². The van der Waals surface area contributed by atoms with Crippen LogP contribution in [0.1, 0.15) is 53.9 Å². The van der Waals surface area contributed by atoms with Crippen LogP contribution in [0.15, 0.2) is 0 Å². The van der Waals surface area contributed by atoms with E-state index in [0.717, 1.165) is 32.5 Å². The first kappa shape index (κ1) is 16.9. The Bertz CT molecular complexity index is 200. The molecule has 0 aromatic carbocycles. The van der Waals surface area contributed by atoms with Crippen molar-refractivity contribution < 1.29 is 4.74 Å². The molecule has 3 nitrogen and oxygen atoms in total. The Balaban J connectivity index is 4.53. The summed E-state index contributed by atoms with van der Waals surface area (Å²) in [6.45, 7) is 13.9. The highest BCUT2D eigenvalue weighted by Gasteiger charge is 2.29. The first-order chi connectivity index (χ1) is 7.85. The van der Waals surface area contributed by atoms with Crippen LogP contribution in [0, 0.1) is 0 Å². The molecule has 0 heterocycles. The van der Waals surface area contributed by atoms with E-state index in [0.29, 0.717) is 0 Å². The van der Waals surface area contributed by atoms with Crippen LogP contribution in [0.2, 0.25) is 0 Å². The van der Waals surface area contributed by atoms with Gasteiger partial charge in [0.05, 0.1) is 5.60 Å². The minimum absolute atomic E-state index is 0.0464. The highest BCUT2D eigenvalue weighted by atomic mass is 16.5. The van der Waals surface area contributed by atoms with Crippen LogP contribution in [0.3, 0.4) is 0 Å². The molecule has 0 fully saturated rings. The zero-order chi connectivity index (χ0) is 13.5. The van der Waals surface area contributed by atoms with Crippen LogP contribution in [0.25, 0.3) is 0 Å². The van der Waals surface area contributed by atoms with Gasteiger partial charge in [-0.3, -0.25) is 4.90 Å². The lowest BCUT2D eigenvalue weighted by Gasteiger charge is -2.41. The third-order valence-electron chi connectivity index (χ3n) is 3.99. The quantitative estimate of drug-likeness (QED) is 0.677. The molecule has 0 spiro atoms. The average molecular weight is 244 g/mol. The molecule has 0 rings (SSSR count). The van der Waals surface area contributed by atoms with Crippen molar-refractivity contribution in [3.63, 3.8) is 0 Å². The van der Waals surface area contributed by atoms with Crippen LogP contribution in [0.4, 0.5) is 0 Å². The van der Waals surface area contributed by atoms with Crippen molar-refractivity contribution in [1.29, 1.82) is 0 Å². The van der Waals surface area contributed by atoms with E-state index in [1.54, 1.807) is 7.11 Å². The number of nitrogens with zero attached hydrogens (tertiary/aromatic N) is 1. The molecule has 0 aromatic heterocycles. The standard InChI is InChI=1S/C14H32N2O/c1-7-10-16(14(5,8-2)12-15)11-9-13(3,4)17-6/h7-12,15H2,1-6H3. The van der Waals surface area contributed by atoms with Gasteiger partial charge in [0.15, 0.2) is 0 Å². The Labute approximate surface area is 108 Å². The third kappa shape index (κ3) is 5.36. The smallest absolute Gasteiger partial charge is 0.0634 e. The topological polar surface area (TPSA) is 38.5 Å². The molecule has 1 unspecified atom stereocenters. The molecule has 0 bridgehead atoms. The maximum Gasteiger partial charge on any atom is 0.0634 e. The lowest BCUT2D eigenvalue weighted by Crippen LogP contribution is -2.52. The number of methoxy groups -OCH3 is 1. The summed E-state index contributed by atoms with van der Waals surface area (Å²) in [5, 5.41) is 0. The van der Waals surface area contributed by atoms with Crippen molar-refractivity contribution >= 4 is 0 Å². The van der Waals surface area contributed by atoms with Crippen LogP contribution in [-0.4, -0.2) is 42.8 Å². The van der Waals surface area contributed by atoms with E-state index < -0.39 is 0 Å². The van der Waals surface area contributed by atoms with Crippen LogP contribution < -0.4 is 5.73 Å². The lowest BCUT2D eigenvalue weighted by atomic mass is 9.94. The van der Waals surface area contributed by atoms with Crippen molar-refractivity contribution in [2.75, 3.05) is 26.7 Å². The second-order valence-corrected chi connectivity index (χ2v) is 5.76. The van der Waals surface area contributed by atoms with Gasteiger partial charge < -0.3 is 10.5 Å². The number of rotatable bonds is 9. The van der Waals surface area contributed by atoms with Crippen molar-refractivity contribution in [2.24, 2.45) is 5.73 Å². The van der Waals surface area contributed by atoms with E-state index in [9.17, 15) is 0 Å². The van der Waals surface area contributed by atoms with Gasteiger partial charge in [0.25, 0.3) is 0 Å². The van der Waals surface area contributed by atoms with Crippen LogP contribution >= 0.6 is 0 Å². The minimum Gasteiger partial charge on any atom is -0.379 e. The lowest BCUT2D eigenvalue weighted by molar-refractivity contribution is -0.00435. The fourth-order valence-corrected chi connectivity index (χ4v) is 1.92. The Kier molecular flexibility index (Phi) is 7.29. The molecule has 0 aliphatic heterocycles. The summed E-state index contributed by atoms with van der Waals surface area (Å²) in [4.78, 5) is 2.52. The molecular formula is C14H32N2O. The summed E-state index contributed by atoms with van der Waals surface area (Å²) in [7, 11) is 1.78. The van der Waals surface area contributed by atoms with Gasteiger partial charge in [-0.2, -0.15) is 0 Å². The van der Waals surface area contributed by atoms with E-state index >= 15 is 0 Å². The van der Waals surface area contributed by atoms with Gasteiger partial charge >= 0.3 is 0 Å². The highest BCUT2D eigenvalue weighted by molar-refractivity contribution is 4.87. The molecule has 0 saturated carbocycles. The number of hydrogen-bond donors (Lipinski definition) is 1. The molecule has 0 aromatic rings. The molecule has 1 atom stereocenters. The first-order valence-electron chi connectivity index (χ1n) is 6.85. The molecule has 2 N–H and O–H groups in total. The fourth-order valence-electron chi connectivity index (χ4n) is 1.92. The van der Waals surface area contributed by atoms with Gasteiger partial charge in [-0.1, -0.05) is 13.8 Å². The van der Waals surface area contributed by atoms with Crippen molar-refractivity contribution in [3.05, 3.63) is 0 Å². The molecular weight excluding hydrogens is 212 g/mol. The van der Waals surface area contributed by atoms with Crippen molar-refractivity contribution in [2.45, 2.75) is 65.0 Å². The second kappa shape index (κ2) is 7.34. The molecule has 3 heteroatoms. The Hall–Kier alpha value is -0.120. The minimum atomic E-state index is -0.0464. The van der Waals surface area contributed by atoms with Crippen molar-refractivity contribution in [1.82, 2.24) is 4.90 Å². The fraction of sp³-hybridized carbons (Fsp3) is 1.00. The SMILES string of the molecule is CCCN(CCC(C)(C)OC)C(C)(CC)CN. The van der Waals surface area contributed by atoms with E-state index in [-0.39, 0.29) is 11.1 Å². The molecule has 0 aliphatic carbocycles. The van der Waals surface area contributed by atoms with Gasteiger partial charge in [-0.15, -0.1) is 0 Å². The van der Waals surface area contributed by atoms with Gasteiger partial charge in [0.1, 0.15) is 0 Å².